The standard InChI is InChI=1S/C19H28N2O3/c1-13(20-18(23)24-19(3,4)5)16-11-17(22)21(12-16)14(2)15-9-7-6-8-10-15/h6-10,13-14,16H,11-12H2,1-5H3,(H,20,23)/t13-,14-,16+/m0/s1. The van der Waals surface area contributed by atoms with Crippen molar-refractivity contribution in [3.05, 3.63) is 35.9 Å². The molecule has 0 bridgehead atoms. The van der Waals surface area contributed by atoms with E-state index in [9.17, 15) is 9.59 Å². The van der Waals surface area contributed by atoms with Gasteiger partial charge < -0.3 is 15.0 Å². The first kappa shape index (κ1) is 18.3. The van der Waals surface area contributed by atoms with Crippen LogP contribution in [0.4, 0.5) is 4.79 Å². The molecule has 0 saturated carbocycles. The molecule has 0 aromatic heterocycles. The lowest BCUT2D eigenvalue weighted by atomic mass is 10.0. The highest BCUT2D eigenvalue weighted by molar-refractivity contribution is 5.79. The minimum absolute atomic E-state index is 0.0393. The number of alkyl carbamates (subject to hydrolysis) is 1. The number of likely N-dealkylation sites (tertiary alicyclic amines) is 1. The van der Waals surface area contributed by atoms with E-state index in [-0.39, 0.29) is 23.9 Å². The SMILES string of the molecule is C[C@H](NC(=O)OC(C)(C)C)[C@@H]1CC(=O)N([C@@H](C)c2ccccc2)C1. The van der Waals surface area contributed by atoms with E-state index in [2.05, 4.69) is 5.32 Å². The van der Waals surface area contributed by atoms with Crippen LogP contribution >= 0.6 is 0 Å². The molecular formula is C19H28N2O3. The topological polar surface area (TPSA) is 58.6 Å². The van der Waals surface area contributed by atoms with Crippen molar-refractivity contribution in [1.82, 2.24) is 10.2 Å². The Bertz CT molecular complexity index is 580. The van der Waals surface area contributed by atoms with Gasteiger partial charge in [-0.3, -0.25) is 4.79 Å². The summed E-state index contributed by atoms with van der Waals surface area (Å²) in [5.41, 5.74) is 0.600. The highest BCUT2D eigenvalue weighted by Crippen LogP contribution is 2.30. The number of benzene rings is 1. The van der Waals surface area contributed by atoms with Gasteiger partial charge in [-0.05, 0) is 40.2 Å². The van der Waals surface area contributed by atoms with Crippen molar-refractivity contribution in [2.24, 2.45) is 5.92 Å². The Hall–Kier alpha value is -2.04. The second-order valence-corrected chi connectivity index (χ2v) is 7.53. The molecule has 1 fully saturated rings. The molecule has 5 heteroatoms. The van der Waals surface area contributed by atoms with Gasteiger partial charge >= 0.3 is 6.09 Å². The van der Waals surface area contributed by atoms with E-state index in [1.165, 1.54) is 0 Å². The Balaban J connectivity index is 1.95. The number of amides is 2. The van der Waals surface area contributed by atoms with Crippen molar-refractivity contribution in [1.29, 1.82) is 0 Å². The predicted molar refractivity (Wildman–Crippen MR) is 93.5 cm³/mol. The van der Waals surface area contributed by atoms with Crippen LogP contribution in [0.1, 0.15) is 52.6 Å². The number of rotatable bonds is 4. The van der Waals surface area contributed by atoms with Crippen LogP contribution in [0.25, 0.3) is 0 Å². The summed E-state index contributed by atoms with van der Waals surface area (Å²) < 4.78 is 5.29. The largest absolute Gasteiger partial charge is 0.444 e. The van der Waals surface area contributed by atoms with Gasteiger partial charge in [0.25, 0.3) is 0 Å². The molecule has 0 radical (unpaired) electrons. The Labute approximate surface area is 144 Å². The number of nitrogens with zero attached hydrogens (tertiary/aromatic N) is 1. The Kier molecular flexibility index (Phi) is 5.52. The fourth-order valence-corrected chi connectivity index (χ4v) is 2.99. The van der Waals surface area contributed by atoms with Crippen LogP contribution in [0.2, 0.25) is 0 Å². The summed E-state index contributed by atoms with van der Waals surface area (Å²) in [4.78, 5) is 26.2. The third-order valence-corrected chi connectivity index (χ3v) is 4.39. The molecule has 1 heterocycles. The molecular weight excluding hydrogens is 304 g/mol. The van der Waals surface area contributed by atoms with Crippen LogP contribution in [-0.4, -0.2) is 35.1 Å². The van der Waals surface area contributed by atoms with Crippen LogP contribution in [0, 0.1) is 5.92 Å². The van der Waals surface area contributed by atoms with E-state index in [0.29, 0.717) is 13.0 Å². The third-order valence-electron chi connectivity index (χ3n) is 4.39. The first-order valence-electron chi connectivity index (χ1n) is 8.51. The molecule has 132 valence electrons. The molecule has 24 heavy (non-hydrogen) atoms. The van der Waals surface area contributed by atoms with E-state index < -0.39 is 11.7 Å². The maximum absolute atomic E-state index is 12.4. The molecule has 2 rings (SSSR count). The minimum Gasteiger partial charge on any atom is -0.444 e. The van der Waals surface area contributed by atoms with Gasteiger partial charge in [0.1, 0.15) is 5.60 Å². The van der Waals surface area contributed by atoms with Crippen molar-refractivity contribution in [2.45, 2.75) is 58.7 Å². The van der Waals surface area contributed by atoms with E-state index in [1.807, 2.05) is 69.9 Å². The molecule has 0 aliphatic carbocycles. The summed E-state index contributed by atoms with van der Waals surface area (Å²) in [7, 11) is 0. The lowest BCUT2D eigenvalue weighted by Gasteiger charge is -2.27. The number of carbonyl (C=O) groups is 2. The third kappa shape index (κ3) is 4.73. The number of hydrogen-bond acceptors (Lipinski definition) is 3. The summed E-state index contributed by atoms with van der Waals surface area (Å²) in [5.74, 6) is 0.227. The van der Waals surface area contributed by atoms with E-state index >= 15 is 0 Å². The van der Waals surface area contributed by atoms with E-state index in [1.54, 1.807) is 0 Å². The molecule has 5 nitrogen and oxygen atoms in total. The van der Waals surface area contributed by atoms with E-state index in [4.69, 9.17) is 4.74 Å². The summed E-state index contributed by atoms with van der Waals surface area (Å²) in [5, 5.41) is 2.86. The minimum atomic E-state index is -0.525. The Morgan fingerprint density at radius 1 is 1.25 bits per heavy atom. The van der Waals surface area contributed by atoms with Crippen molar-refractivity contribution < 1.29 is 14.3 Å². The first-order valence-corrected chi connectivity index (χ1v) is 8.51. The molecule has 1 aromatic rings. The van der Waals surface area contributed by atoms with Crippen LogP contribution in [0.5, 0.6) is 0 Å². The van der Waals surface area contributed by atoms with Crippen molar-refractivity contribution in [2.75, 3.05) is 6.54 Å². The average Bonchev–Trinajstić information content (AvgIpc) is 2.87. The first-order chi connectivity index (χ1) is 11.2. The van der Waals surface area contributed by atoms with Gasteiger partial charge in [0.2, 0.25) is 5.91 Å². The van der Waals surface area contributed by atoms with Crippen LogP contribution in [0.3, 0.4) is 0 Å². The van der Waals surface area contributed by atoms with Crippen LogP contribution in [-0.2, 0) is 9.53 Å². The molecule has 1 aliphatic rings. The summed E-state index contributed by atoms with van der Waals surface area (Å²) in [6.45, 7) is 10.1. The second-order valence-electron chi connectivity index (χ2n) is 7.53. The van der Waals surface area contributed by atoms with Gasteiger partial charge in [-0.1, -0.05) is 30.3 Å². The number of nitrogens with one attached hydrogen (secondary N) is 1. The highest BCUT2D eigenvalue weighted by atomic mass is 16.6. The maximum atomic E-state index is 12.4. The molecule has 0 spiro atoms. The molecule has 3 atom stereocenters. The average molecular weight is 332 g/mol. The summed E-state index contributed by atoms with van der Waals surface area (Å²) >= 11 is 0. The lowest BCUT2D eigenvalue weighted by Crippen LogP contribution is -2.42. The zero-order valence-corrected chi connectivity index (χ0v) is 15.2. The number of carbonyl (C=O) groups excluding carboxylic acids is 2. The predicted octanol–water partition coefficient (Wildman–Crippen LogP) is 3.51. The Morgan fingerprint density at radius 3 is 2.46 bits per heavy atom. The summed E-state index contributed by atoms with van der Waals surface area (Å²) in [6.07, 6.45) is 0.0192. The summed E-state index contributed by atoms with van der Waals surface area (Å²) in [6, 6.07) is 9.93. The number of hydrogen-bond donors (Lipinski definition) is 1. The number of ether oxygens (including phenoxy) is 1. The Morgan fingerprint density at radius 2 is 1.88 bits per heavy atom. The molecule has 0 unspecified atom stereocenters. The van der Waals surface area contributed by atoms with Crippen molar-refractivity contribution in [3.8, 4) is 0 Å². The highest BCUT2D eigenvalue weighted by Gasteiger charge is 2.36. The quantitative estimate of drug-likeness (QED) is 0.918. The normalized spacial score (nSPS) is 20.6. The molecule has 1 saturated heterocycles. The van der Waals surface area contributed by atoms with Gasteiger partial charge in [-0.25, -0.2) is 4.79 Å². The maximum Gasteiger partial charge on any atom is 0.407 e. The monoisotopic (exact) mass is 332 g/mol. The second kappa shape index (κ2) is 7.24. The van der Waals surface area contributed by atoms with Gasteiger partial charge in [-0.2, -0.15) is 0 Å². The van der Waals surface area contributed by atoms with Gasteiger partial charge in [0, 0.05) is 24.9 Å². The fourth-order valence-electron chi connectivity index (χ4n) is 2.99. The van der Waals surface area contributed by atoms with E-state index in [0.717, 1.165) is 5.56 Å². The molecule has 2 amide bonds. The van der Waals surface area contributed by atoms with Gasteiger partial charge in [0.15, 0.2) is 0 Å². The van der Waals surface area contributed by atoms with Gasteiger partial charge in [0.05, 0.1) is 6.04 Å². The van der Waals surface area contributed by atoms with Crippen LogP contribution in [0.15, 0.2) is 30.3 Å². The fraction of sp³-hybridized carbons (Fsp3) is 0.579. The van der Waals surface area contributed by atoms with Crippen molar-refractivity contribution >= 4 is 12.0 Å². The zero-order valence-electron chi connectivity index (χ0n) is 15.2. The molecule has 1 N–H and O–H groups in total. The smallest absolute Gasteiger partial charge is 0.407 e. The molecule has 1 aliphatic heterocycles. The lowest BCUT2D eigenvalue weighted by molar-refractivity contribution is -0.129. The zero-order chi connectivity index (χ0) is 17.9. The van der Waals surface area contributed by atoms with Crippen molar-refractivity contribution in [3.63, 3.8) is 0 Å². The van der Waals surface area contributed by atoms with Gasteiger partial charge in [-0.15, -0.1) is 0 Å². The van der Waals surface area contributed by atoms with Crippen LogP contribution < -0.4 is 5.32 Å². The molecule has 1 aromatic carbocycles.